The highest BCUT2D eigenvalue weighted by atomic mass is 32.1. The van der Waals surface area contributed by atoms with Gasteiger partial charge in [-0.15, -0.1) is 22.7 Å². The van der Waals surface area contributed by atoms with E-state index in [0.29, 0.717) is 24.5 Å². The summed E-state index contributed by atoms with van der Waals surface area (Å²) in [7, 11) is 0. The second-order valence-electron chi connectivity index (χ2n) is 7.55. The number of thiazole rings is 1. The van der Waals surface area contributed by atoms with E-state index in [0.717, 1.165) is 39.8 Å². The number of hydrogen-bond acceptors (Lipinski definition) is 7. The minimum atomic E-state index is -0.964. The van der Waals surface area contributed by atoms with Gasteiger partial charge in [0.15, 0.2) is 0 Å². The number of thiophene rings is 1. The van der Waals surface area contributed by atoms with Crippen LogP contribution in [0.5, 0.6) is 0 Å². The average Bonchev–Trinajstić information content (AvgIpc) is 3.27. The molecule has 9 heteroatoms. The van der Waals surface area contributed by atoms with E-state index in [1.54, 1.807) is 29.5 Å². The molecule has 0 spiro atoms. The van der Waals surface area contributed by atoms with E-state index >= 15 is 0 Å². The molecule has 0 saturated heterocycles. The Bertz CT molecular complexity index is 1100. The smallest absolute Gasteiger partial charge is 0.335 e. The summed E-state index contributed by atoms with van der Waals surface area (Å²) in [6.07, 6.45) is 1.28. The van der Waals surface area contributed by atoms with Crippen LogP contribution in [0.2, 0.25) is 0 Å². The number of hydrogen-bond donors (Lipinski definition) is 4. The minimum Gasteiger partial charge on any atom is -0.478 e. The Hall–Kier alpha value is -2.33. The number of carboxylic acid groups (broad SMARTS) is 1. The summed E-state index contributed by atoms with van der Waals surface area (Å²) in [4.78, 5) is 29.8. The molecular weight excluding hydrogens is 420 g/mol. The minimum absolute atomic E-state index is 0.0229. The number of benzene rings is 1. The van der Waals surface area contributed by atoms with Crippen LogP contribution < -0.4 is 16.0 Å². The fourth-order valence-electron chi connectivity index (χ4n) is 3.48. The SMILES string of the molecule is CC(C)NCCC(=O)Nc1sc2c(c1-c1nc3cc(C(=O)O)ccc3s1)CCNC2. The molecule has 0 saturated carbocycles. The third kappa shape index (κ3) is 4.39. The summed E-state index contributed by atoms with van der Waals surface area (Å²) >= 11 is 3.13. The van der Waals surface area contributed by atoms with Gasteiger partial charge < -0.3 is 21.1 Å². The third-order valence-corrected chi connectivity index (χ3v) is 7.14. The van der Waals surface area contributed by atoms with Crippen LogP contribution in [0.1, 0.15) is 41.1 Å². The van der Waals surface area contributed by atoms with Gasteiger partial charge in [0, 0.05) is 36.0 Å². The predicted molar refractivity (Wildman–Crippen MR) is 122 cm³/mol. The lowest BCUT2D eigenvalue weighted by Crippen LogP contribution is -2.27. The van der Waals surface area contributed by atoms with E-state index in [2.05, 4.69) is 29.8 Å². The van der Waals surface area contributed by atoms with Crippen molar-refractivity contribution in [3.63, 3.8) is 0 Å². The van der Waals surface area contributed by atoms with Crippen molar-refractivity contribution in [1.29, 1.82) is 0 Å². The average molecular weight is 445 g/mol. The zero-order chi connectivity index (χ0) is 21.3. The number of aromatic carboxylic acids is 1. The maximum atomic E-state index is 12.5. The van der Waals surface area contributed by atoms with Crippen LogP contribution in [-0.4, -0.2) is 41.1 Å². The van der Waals surface area contributed by atoms with E-state index in [4.69, 9.17) is 4.98 Å². The zero-order valence-electron chi connectivity index (χ0n) is 16.9. The van der Waals surface area contributed by atoms with E-state index < -0.39 is 5.97 Å². The van der Waals surface area contributed by atoms with Crippen LogP contribution in [0.3, 0.4) is 0 Å². The largest absolute Gasteiger partial charge is 0.478 e. The maximum absolute atomic E-state index is 12.5. The highest BCUT2D eigenvalue weighted by Gasteiger charge is 2.25. The second kappa shape index (κ2) is 8.81. The quantitative estimate of drug-likeness (QED) is 0.443. The van der Waals surface area contributed by atoms with Crippen molar-refractivity contribution in [2.24, 2.45) is 0 Å². The number of aromatic nitrogens is 1. The molecule has 3 heterocycles. The van der Waals surface area contributed by atoms with Gasteiger partial charge in [0.25, 0.3) is 0 Å². The first kappa shape index (κ1) is 20.9. The molecule has 4 rings (SSSR count). The van der Waals surface area contributed by atoms with Gasteiger partial charge in [0.2, 0.25) is 5.91 Å². The standard InChI is InChI=1S/C21H24N4O3S2/c1-11(2)23-8-6-17(26)25-20-18(13-5-7-22-10-16(13)30-20)19-24-14-9-12(21(27)28)3-4-15(14)29-19/h3-4,9,11,22-23H,5-8,10H2,1-2H3,(H,25,26)(H,27,28). The molecule has 0 radical (unpaired) electrons. The van der Waals surface area contributed by atoms with Crippen LogP contribution in [0, 0.1) is 0 Å². The van der Waals surface area contributed by atoms with Crippen LogP contribution >= 0.6 is 22.7 Å². The lowest BCUT2D eigenvalue weighted by Gasteiger charge is -2.13. The van der Waals surface area contributed by atoms with Gasteiger partial charge in [0.05, 0.1) is 15.8 Å². The predicted octanol–water partition coefficient (Wildman–Crippen LogP) is 3.70. The van der Waals surface area contributed by atoms with Gasteiger partial charge in [-0.1, -0.05) is 13.8 Å². The summed E-state index contributed by atoms with van der Waals surface area (Å²) in [6, 6.07) is 5.35. The van der Waals surface area contributed by atoms with Crippen molar-refractivity contribution in [3.05, 3.63) is 34.2 Å². The first-order valence-electron chi connectivity index (χ1n) is 9.95. The number of carboxylic acids is 1. The van der Waals surface area contributed by atoms with Crippen LogP contribution in [0.4, 0.5) is 5.00 Å². The number of amides is 1. The highest BCUT2D eigenvalue weighted by Crippen LogP contribution is 2.44. The number of rotatable bonds is 7. The first-order valence-corrected chi connectivity index (χ1v) is 11.6. The van der Waals surface area contributed by atoms with Crippen molar-refractivity contribution in [3.8, 4) is 10.6 Å². The Balaban J connectivity index is 1.68. The molecule has 158 valence electrons. The van der Waals surface area contributed by atoms with Crippen molar-refractivity contribution in [2.75, 3.05) is 18.4 Å². The first-order chi connectivity index (χ1) is 14.4. The van der Waals surface area contributed by atoms with E-state index in [-0.39, 0.29) is 11.5 Å². The monoisotopic (exact) mass is 444 g/mol. The van der Waals surface area contributed by atoms with Crippen LogP contribution in [0.15, 0.2) is 18.2 Å². The Morgan fingerprint density at radius 1 is 1.30 bits per heavy atom. The molecule has 1 amide bonds. The van der Waals surface area contributed by atoms with Crippen molar-refractivity contribution in [1.82, 2.24) is 15.6 Å². The number of carbonyl (C=O) groups excluding carboxylic acids is 1. The number of nitrogens with zero attached hydrogens (tertiary/aromatic N) is 1. The fourth-order valence-corrected chi connectivity index (χ4v) is 5.80. The Labute approximate surface area is 182 Å². The molecule has 0 atom stereocenters. The molecule has 2 aromatic heterocycles. The number of fused-ring (bicyclic) bond motifs is 2. The van der Waals surface area contributed by atoms with Crippen LogP contribution in [0.25, 0.3) is 20.8 Å². The topological polar surface area (TPSA) is 103 Å². The summed E-state index contributed by atoms with van der Waals surface area (Å²) < 4.78 is 0.933. The van der Waals surface area contributed by atoms with Gasteiger partial charge in [-0.05, 0) is 36.7 Å². The van der Waals surface area contributed by atoms with Crippen molar-refractivity contribution < 1.29 is 14.7 Å². The number of anilines is 1. The normalized spacial score (nSPS) is 13.6. The van der Waals surface area contributed by atoms with Gasteiger partial charge in [0.1, 0.15) is 10.0 Å². The molecule has 0 fully saturated rings. The molecule has 3 aromatic rings. The van der Waals surface area contributed by atoms with Crippen molar-refractivity contribution in [2.45, 2.75) is 39.3 Å². The summed E-state index contributed by atoms with van der Waals surface area (Å²) in [5.74, 6) is -0.987. The van der Waals surface area contributed by atoms with Crippen molar-refractivity contribution >= 4 is 49.8 Å². The molecule has 1 aliphatic heterocycles. The third-order valence-electron chi connectivity index (χ3n) is 4.93. The van der Waals surface area contributed by atoms with Gasteiger partial charge in [-0.25, -0.2) is 9.78 Å². The molecule has 0 unspecified atom stereocenters. The van der Waals surface area contributed by atoms with Gasteiger partial charge in [-0.2, -0.15) is 0 Å². The summed E-state index contributed by atoms with van der Waals surface area (Å²) in [5, 5.41) is 20.7. The Kier molecular flexibility index (Phi) is 6.14. The Morgan fingerprint density at radius 2 is 2.13 bits per heavy atom. The maximum Gasteiger partial charge on any atom is 0.335 e. The second-order valence-corrected chi connectivity index (χ2v) is 9.68. The lowest BCUT2D eigenvalue weighted by molar-refractivity contribution is -0.116. The van der Waals surface area contributed by atoms with E-state index in [1.807, 2.05) is 0 Å². The summed E-state index contributed by atoms with van der Waals surface area (Å²) in [5.41, 5.74) is 3.11. The number of nitrogens with one attached hydrogen (secondary N) is 3. The molecular formula is C21H24N4O3S2. The van der Waals surface area contributed by atoms with Gasteiger partial charge >= 0.3 is 5.97 Å². The van der Waals surface area contributed by atoms with Crippen LogP contribution in [-0.2, 0) is 17.8 Å². The Morgan fingerprint density at radius 3 is 2.90 bits per heavy atom. The molecule has 1 aromatic carbocycles. The van der Waals surface area contributed by atoms with E-state index in [9.17, 15) is 14.7 Å². The van der Waals surface area contributed by atoms with E-state index in [1.165, 1.54) is 21.8 Å². The molecule has 4 N–H and O–H groups in total. The lowest BCUT2D eigenvalue weighted by atomic mass is 10.0. The molecule has 30 heavy (non-hydrogen) atoms. The van der Waals surface area contributed by atoms with Gasteiger partial charge in [-0.3, -0.25) is 4.79 Å². The number of carbonyl (C=O) groups is 2. The zero-order valence-corrected chi connectivity index (χ0v) is 18.5. The molecule has 1 aliphatic rings. The highest BCUT2D eigenvalue weighted by molar-refractivity contribution is 7.23. The molecule has 7 nitrogen and oxygen atoms in total. The summed E-state index contributed by atoms with van der Waals surface area (Å²) in [6.45, 7) is 6.41. The molecule has 0 bridgehead atoms. The fraction of sp³-hybridized carbons (Fsp3) is 0.381. The molecule has 0 aliphatic carbocycles.